The maximum atomic E-state index is 13.7. The highest BCUT2D eigenvalue weighted by atomic mass is 16.4. The Hall–Kier alpha value is -4.32. The summed E-state index contributed by atoms with van der Waals surface area (Å²) in [5.41, 5.74) is 11.5. The van der Waals surface area contributed by atoms with Crippen LogP contribution in [0.4, 0.5) is 0 Å². The summed E-state index contributed by atoms with van der Waals surface area (Å²) < 4.78 is 0. The maximum absolute atomic E-state index is 13.7. The highest BCUT2D eigenvalue weighted by Crippen LogP contribution is 2.21. The molecule has 10 N–H and O–H groups in total. The molecule has 2 aliphatic rings. The molecule has 0 aromatic carbocycles. The van der Waals surface area contributed by atoms with Crippen LogP contribution in [0.3, 0.4) is 0 Å². The number of unbranched alkanes of at least 4 members (excludes halogenated alkanes) is 1. The predicted octanol–water partition coefficient (Wildman–Crippen LogP) is -1.74. The topological polar surface area (TPSA) is 284 Å². The van der Waals surface area contributed by atoms with Crippen molar-refractivity contribution in [1.29, 1.82) is 0 Å². The molecule has 2 heterocycles. The van der Waals surface area contributed by atoms with Crippen molar-refractivity contribution < 1.29 is 48.6 Å². The number of nitrogens with one attached hydrogen (secondary N) is 4. The first-order chi connectivity index (χ1) is 24.0. The number of nitrogens with zero attached hydrogens (tertiary/aromatic N) is 2. The van der Waals surface area contributed by atoms with Gasteiger partial charge in [0.25, 0.3) is 0 Å². The first kappa shape index (κ1) is 42.8. The molecule has 2 saturated heterocycles. The van der Waals surface area contributed by atoms with Gasteiger partial charge in [0.1, 0.15) is 30.2 Å². The van der Waals surface area contributed by atoms with Crippen LogP contribution in [0.5, 0.6) is 0 Å². The van der Waals surface area contributed by atoms with Crippen molar-refractivity contribution in [3.8, 4) is 0 Å². The van der Waals surface area contributed by atoms with Gasteiger partial charge in [-0.2, -0.15) is 0 Å². The number of hydrogen-bond acceptors (Lipinski definition) is 10. The Balaban J connectivity index is 2.18. The number of carboxylic acid groups (broad SMARTS) is 2. The maximum Gasteiger partial charge on any atom is 0.326 e. The second-order valence-electron chi connectivity index (χ2n) is 14.0. The summed E-state index contributed by atoms with van der Waals surface area (Å²) in [5, 5.41) is 29.2. The smallest absolute Gasteiger partial charge is 0.326 e. The van der Waals surface area contributed by atoms with Crippen molar-refractivity contribution >= 4 is 47.4 Å². The molecule has 6 atom stereocenters. The van der Waals surface area contributed by atoms with Gasteiger partial charge in [0.15, 0.2) is 0 Å². The highest BCUT2D eigenvalue weighted by molar-refractivity contribution is 5.97. The molecule has 2 rings (SSSR count). The van der Waals surface area contributed by atoms with Crippen LogP contribution in [-0.4, -0.2) is 130 Å². The molecule has 0 spiro atoms. The Bertz CT molecular complexity index is 1280. The number of rotatable bonds is 20. The molecule has 0 aromatic heterocycles. The molecule has 2 fully saturated rings. The molecular formula is C33H56N8O10. The lowest BCUT2D eigenvalue weighted by Crippen LogP contribution is -2.59. The zero-order valence-corrected chi connectivity index (χ0v) is 30.0. The lowest BCUT2D eigenvalue weighted by atomic mass is 10.0. The highest BCUT2D eigenvalue weighted by Gasteiger charge is 2.40. The van der Waals surface area contributed by atoms with Crippen molar-refractivity contribution in [3.05, 3.63) is 0 Å². The normalized spacial score (nSPS) is 19.6. The fourth-order valence-corrected chi connectivity index (χ4v) is 6.16. The number of carbonyl (C=O) groups excluding carboxylic acids is 6. The Kier molecular flexibility index (Phi) is 17.2. The first-order valence-corrected chi connectivity index (χ1v) is 17.7. The third-order valence-electron chi connectivity index (χ3n) is 9.04. The molecule has 0 aromatic rings. The molecule has 0 saturated carbocycles. The fourth-order valence-electron chi connectivity index (χ4n) is 6.16. The molecule has 51 heavy (non-hydrogen) atoms. The molecule has 2 aliphatic heterocycles. The van der Waals surface area contributed by atoms with Gasteiger partial charge in [-0.15, -0.1) is 0 Å². The third-order valence-corrected chi connectivity index (χ3v) is 9.04. The molecule has 0 radical (unpaired) electrons. The van der Waals surface area contributed by atoms with Crippen LogP contribution in [0.1, 0.15) is 85.5 Å². The Labute approximate surface area is 298 Å². The zero-order valence-electron chi connectivity index (χ0n) is 30.0. The summed E-state index contributed by atoms with van der Waals surface area (Å²) in [6.07, 6.45) is 2.08. The average Bonchev–Trinajstić information content (AvgIpc) is 3.76. The van der Waals surface area contributed by atoms with E-state index in [4.69, 9.17) is 11.5 Å². The summed E-state index contributed by atoms with van der Waals surface area (Å²) in [7, 11) is 0. The average molecular weight is 725 g/mol. The van der Waals surface area contributed by atoms with E-state index in [1.54, 1.807) is 13.8 Å². The largest absolute Gasteiger partial charge is 0.481 e. The van der Waals surface area contributed by atoms with Crippen molar-refractivity contribution in [3.63, 3.8) is 0 Å². The van der Waals surface area contributed by atoms with Crippen LogP contribution < -0.4 is 32.7 Å². The molecule has 18 nitrogen and oxygen atoms in total. The third kappa shape index (κ3) is 13.1. The van der Waals surface area contributed by atoms with Crippen molar-refractivity contribution in [2.45, 2.75) is 122 Å². The number of aliphatic carboxylic acids is 2. The minimum atomic E-state index is -1.47. The number of likely N-dealkylation sites (tertiary alicyclic amines) is 2. The van der Waals surface area contributed by atoms with Crippen LogP contribution >= 0.6 is 0 Å². The van der Waals surface area contributed by atoms with Gasteiger partial charge in [-0.3, -0.25) is 33.6 Å². The van der Waals surface area contributed by atoms with Gasteiger partial charge in [-0.1, -0.05) is 27.7 Å². The predicted molar refractivity (Wildman–Crippen MR) is 183 cm³/mol. The van der Waals surface area contributed by atoms with E-state index in [0.717, 1.165) is 0 Å². The van der Waals surface area contributed by atoms with Gasteiger partial charge in [0.05, 0.1) is 19.0 Å². The van der Waals surface area contributed by atoms with E-state index in [9.17, 15) is 48.6 Å². The summed E-state index contributed by atoms with van der Waals surface area (Å²) in [4.78, 5) is 105. The van der Waals surface area contributed by atoms with Gasteiger partial charge in [0, 0.05) is 13.1 Å². The monoisotopic (exact) mass is 724 g/mol. The minimum Gasteiger partial charge on any atom is -0.481 e. The van der Waals surface area contributed by atoms with Crippen molar-refractivity contribution in [2.75, 3.05) is 26.2 Å². The molecule has 6 amide bonds. The summed E-state index contributed by atoms with van der Waals surface area (Å²) in [5.74, 6) is -6.83. The van der Waals surface area contributed by atoms with Gasteiger partial charge in [-0.25, -0.2) is 4.79 Å². The standard InChI is InChI=1S/C33H56N8O10/c1-18(2)15-21(28(45)36-17-25(42)40-13-8-11-24(40)33(50)51)38-29(46)20(9-5-6-12-34)37-30(47)23-10-7-14-41(23)32(49)22(16-26(43)44)39-31(48)27(35)19(3)4/h18-24,27H,5-17,34-35H2,1-4H3,(H,36,45)(H,37,47)(H,38,46)(H,39,48)(H,43,44)(H,50,51). The van der Waals surface area contributed by atoms with E-state index < -0.39 is 96.6 Å². The molecule has 0 aliphatic carbocycles. The van der Waals surface area contributed by atoms with E-state index in [1.807, 2.05) is 13.8 Å². The quantitative estimate of drug-likeness (QED) is 0.0650. The van der Waals surface area contributed by atoms with E-state index in [0.29, 0.717) is 38.6 Å². The molecule has 0 bridgehead atoms. The van der Waals surface area contributed by atoms with Crippen LogP contribution in [0, 0.1) is 11.8 Å². The number of amides is 6. The molecule has 288 valence electrons. The molecule has 6 unspecified atom stereocenters. The van der Waals surface area contributed by atoms with Gasteiger partial charge < -0.3 is 52.7 Å². The van der Waals surface area contributed by atoms with Crippen LogP contribution in [0.25, 0.3) is 0 Å². The van der Waals surface area contributed by atoms with Gasteiger partial charge in [-0.05, 0) is 69.7 Å². The summed E-state index contributed by atoms with van der Waals surface area (Å²) >= 11 is 0. The van der Waals surface area contributed by atoms with Gasteiger partial charge >= 0.3 is 11.9 Å². The molecular weight excluding hydrogens is 668 g/mol. The second-order valence-corrected chi connectivity index (χ2v) is 14.0. The summed E-state index contributed by atoms with van der Waals surface area (Å²) in [6, 6.07) is -6.71. The Morgan fingerprint density at radius 1 is 0.765 bits per heavy atom. The first-order valence-electron chi connectivity index (χ1n) is 17.7. The number of carboxylic acids is 2. The van der Waals surface area contributed by atoms with Crippen molar-refractivity contribution in [1.82, 2.24) is 31.1 Å². The van der Waals surface area contributed by atoms with E-state index >= 15 is 0 Å². The lowest BCUT2D eigenvalue weighted by molar-refractivity contribution is -0.148. The van der Waals surface area contributed by atoms with E-state index in [-0.39, 0.29) is 44.2 Å². The Morgan fingerprint density at radius 3 is 1.94 bits per heavy atom. The lowest BCUT2D eigenvalue weighted by Gasteiger charge is -2.30. The van der Waals surface area contributed by atoms with Crippen LogP contribution in [0.2, 0.25) is 0 Å². The van der Waals surface area contributed by atoms with Crippen LogP contribution in [-0.2, 0) is 38.4 Å². The number of nitrogens with two attached hydrogens (primary N) is 2. The van der Waals surface area contributed by atoms with Crippen LogP contribution in [0.15, 0.2) is 0 Å². The number of hydrogen-bond donors (Lipinski definition) is 8. The fraction of sp³-hybridized carbons (Fsp3) is 0.758. The zero-order chi connectivity index (χ0) is 38.4. The second kappa shape index (κ2) is 20.5. The Morgan fingerprint density at radius 2 is 1.37 bits per heavy atom. The summed E-state index contributed by atoms with van der Waals surface area (Å²) in [6.45, 7) is 7.31. The number of carbonyl (C=O) groups is 8. The SMILES string of the molecule is CC(C)CC(NC(=O)C(CCCCN)NC(=O)C1CCCN1C(=O)C(CC(=O)O)NC(=O)C(N)C(C)C)C(=O)NCC(=O)N1CCCC1C(=O)O. The van der Waals surface area contributed by atoms with E-state index in [1.165, 1.54) is 9.80 Å². The molecule has 18 heteroatoms. The van der Waals surface area contributed by atoms with Gasteiger partial charge in [0.2, 0.25) is 35.4 Å². The van der Waals surface area contributed by atoms with E-state index in [2.05, 4.69) is 21.3 Å². The van der Waals surface area contributed by atoms with Crippen molar-refractivity contribution in [2.24, 2.45) is 23.3 Å². The minimum absolute atomic E-state index is 0.0654.